The molecule has 0 saturated carbocycles. The Hall–Kier alpha value is -1.35. The number of hydrogen-bond acceptors (Lipinski definition) is 2. The molecule has 1 aliphatic rings. The lowest BCUT2D eigenvalue weighted by Gasteiger charge is -2.15. The number of rotatable bonds is 3. The normalized spacial score (nSPS) is 21.2. The van der Waals surface area contributed by atoms with Crippen molar-refractivity contribution in [2.75, 3.05) is 13.1 Å². The Morgan fingerprint density at radius 3 is 3.00 bits per heavy atom. The molecular weight excluding hydrogens is 202 g/mol. The van der Waals surface area contributed by atoms with Gasteiger partial charge in [0, 0.05) is 13.1 Å². The quantitative estimate of drug-likeness (QED) is 0.844. The molecule has 0 amide bonds. The number of aryl methyl sites for hydroxylation is 1. The number of carboxylic acids is 1. The molecular formula is C13H17NO2. The van der Waals surface area contributed by atoms with Gasteiger partial charge in [-0.3, -0.25) is 9.69 Å². The van der Waals surface area contributed by atoms with E-state index in [0.717, 1.165) is 19.5 Å². The Kier molecular flexibility index (Phi) is 3.25. The van der Waals surface area contributed by atoms with E-state index in [1.165, 1.54) is 11.1 Å². The molecule has 0 spiro atoms. The second kappa shape index (κ2) is 4.66. The first kappa shape index (κ1) is 11.1. The van der Waals surface area contributed by atoms with Crippen LogP contribution in [0.3, 0.4) is 0 Å². The Morgan fingerprint density at radius 1 is 1.56 bits per heavy atom. The largest absolute Gasteiger partial charge is 0.481 e. The van der Waals surface area contributed by atoms with Crippen LogP contribution in [-0.2, 0) is 11.3 Å². The number of aliphatic carboxylic acids is 1. The van der Waals surface area contributed by atoms with Crippen molar-refractivity contribution in [1.82, 2.24) is 4.90 Å². The SMILES string of the molecule is Cc1cccc(CN2CCC(C(=O)O)C2)c1. The molecule has 1 aromatic rings. The molecule has 86 valence electrons. The van der Waals surface area contributed by atoms with Gasteiger partial charge in [-0.1, -0.05) is 29.8 Å². The lowest BCUT2D eigenvalue weighted by molar-refractivity contribution is -0.141. The molecule has 1 fully saturated rings. The third kappa shape index (κ3) is 2.61. The predicted octanol–water partition coefficient (Wildman–Crippen LogP) is 1.90. The highest BCUT2D eigenvalue weighted by atomic mass is 16.4. The molecule has 2 rings (SSSR count). The van der Waals surface area contributed by atoms with E-state index in [9.17, 15) is 4.79 Å². The van der Waals surface area contributed by atoms with Crippen molar-refractivity contribution in [3.63, 3.8) is 0 Å². The van der Waals surface area contributed by atoms with E-state index in [0.29, 0.717) is 6.54 Å². The maximum atomic E-state index is 10.8. The van der Waals surface area contributed by atoms with E-state index < -0.39 is 5.97 Å². The first-order valence-corrected chi connectivity index (χ1v) is 5.66. The molecule has 0 aliphatic carbocycles. The first-order chi connectivity index (χ1) is 7.65. The van der Waals surface area contributed by atoms with Crippen LogP contribution in [0.4, 0.5) is 0 Å². The number of benzene rings is 1. The van der Waals surface area contributed by atoms with Crippen LogP contribution in [0.5, 0.6) is 0 Å². The van der Waals surface area contributed by atoms with E-state index in [4.69, 9.17) is 5.11 Å². The Bertz CT molecular complexity index is 389. The molecule has 0 aromatic heterocycles. The Labute approximate surface area is 95.7 Å². The topological polar surface area (TPSA) is 40.5 Å². The van der Waals surface area contributed by atoms with Crippen LogP contribution in [0, 0.1) is 12.8 Å². The van der Waals surface area contributed by atoms with Crippen LogP contribution in [-0.4, -0.2) is 29.1 Å². The van der Waals surface area contributed by atoms with E-state index >= 15 is 0 Å². The molecule has 0 radical (unpaired) electrons. The monoisotopic (exact) mass is 219 g/mol. The molecule has 1 aliphatic heterocycles. The summed E-state index contributed by atoms with van der Waals surface area (Å²) in [4.78, 5) is 13.0. The summed E-state index contributed by atoms with van der Waals surface area (Å²) in [6, 6.07) is 8.39. The molecule has 0 bridgehead atoms. The summed E-state index contributed by atoms with van der Waals surface area (Å²) in [7, 11) is 0. The van der Waals surface area contributed by atoms with Gasteiger partial charge in [0.15, 0.2) is 0 Å². The third-order valence-electron chi connectivity index (χ3n) is 3.11. The Balaban J connectivity index is 1.94. The summed E-state index contributed by atoms with van der Waals surface area (Å²) >= 11 is 0. The van der Waals surface area contributed by atoms with Gasteiger partial charge in [0.05, 0.1) is 5.92 Å². The number of carbonyl (C=O) groups is 1. The zero-order chi connectivity index (χ0) is 11.5. The number of nitrogens with zero attached hydrogens (tertiary/aromatic N) is 1. The van der Waals surface area contributed by atoms with Crippen LogP contribution < -0.4 is 0 Å². The van der Waals surface area contributed by atoms with Gasteiger partial charge in [-0.2, -0.15) is 0 Å². The van der Waals surface area contributed by atoms with Crippen LogP contribution in [0.1, 0.15) is 17.5 Å². The van der Waals surface area contributed by atoms with Gasteiger partial charge in [-0.25, -0.2) is 0 Å². The van der Waals surface area contributed by atoms with Gasteiger partial charge in [0.1, 0.15) is 0 Å². The van der Waals surface area contributed by atoms with E-state index in [-0.39, 0.29) is 5.92 Å². The number of likely N-dealkylation sites (tertiary alicyclic amines) is 1. The maximum Gasteiger partial charge on any atom is 0.307 e. The van der Waals surface area contributed by atoms with Gasteiger partial charge >= 0.3 is 5.97 Å². The third-order valence-corrected chi connectivity index (χ3v) is 3.11. The van der Waals surface area contributed by atoms with Crippen molar-refractivity contribution in [3.05, 3.63) is 35.4 Å². The zero-order valence-electron chi connectivity index (χ0n) is 9.52. The standard InChI is InChI=1S/C13H17NO2/c1-10-3-2-4-11(7-10)8-14-6-5-12(9-14)13(15)16/h2-4,7,12H,5-6,8-9H2,1H3,(H,15,16). The van der Waals surface area contributed by atoms with Crippen LogP contribution in [0.15, 0.2) is 24.3 Å². The van der Waals surface area contributed by atoms with Crippen molar-refractivity contribution in [1.29, 1.82) is 0 Å². The second-order valence-corrected chi connectivity index (χ2v) is 4.55. The van der Waals surface area contributed by atoms with Crippen LogP contribution in [0.2, 0.25) is 0 Å². The average molecular weight is 219 g/mol. The minimum absolute atomic E-state index is 0.176. The number of carboxylic acid groups (broad SMARTS) is 1. The van der Waals surface area contributed by atoms with Gasteiger partial charge in [0.2, 0.25) is 0 Å². The van der Waals surface area contributed by atoms with Crippen LogP contribution in [0.25, 0.3) is 0 Å². The molecule has 1 aromatic carbocycles. The minimum atomic E-state index is -0.660. The lowest BCUT2D eigenvalue weighted by atomic mass is 10.1. The van der Waals surface area contributed by atoms with Crippen molar-refractivity contribution in [2.45, 2.75) is 19.9 Å². The highest BCUT2D eigenvalue weighted by Gasteiger charge is 2.27. The van der Waals surface area contributed by atoms with E-state index in [2.05, 4.69) is 36.1 Å². The molecule has 3 heteroatoms. The summed E-state index contributed by atoms with van der Waals surface area (Å²) in [5, 5.41) is 8.91. The molecule has 1 N–H and O–H groups in total. The van der Waals surface area contributed by atoms with Gasteiger partial charge in [-0.05, 0) is 25.5 Å². The van der Waals surface area contributed by atoms with Gasteiger partial charge in [-0.15, -0.1) is 0 Å². The molecule has 1 atom stereocenters. The van der Waals surface area contributed by atoms with Crippen LogP contribution >= 0.6 is 0 Å². The minimum Gasteiger partial charge on any atom is -0.481 e. The summed E-state index contributed by atoms with van der Waals surface area (Å²) in [5.74, 6) is -0.837. The predicted molar refractivity (Wildman–Crippen MR) is 62.2 cm³/mol. The van der Waals surface area contributed by atoms with Crippen molar-refractivity contribution < 1.29 is 9.90 Å². The van der Waals surface area contributed by atoms with Crippen molar-refractivity contribution in [3.8, 4) is 0 Å². The average Bonchev–Trinajstić information content (AvgIpc) is 2.66. The van der Waals surface area contributed by atoms with Crippen molar-refractivity contribution >= 4 is 5.97 Å². The fourth-order valence-corrected chi connectivity index (χ4v) is 2.25. The Morgan fingerprint density at radius 2 is 2.38 bits per heavy atom. The molecule has 1 heterocycles. The first-order valence-electron chi connectivity index (χ1n) is 5.66. The fraction of sp³-hybridized carbons (Fsp3) is 0.462. The molecule has 16 heavy (non-hydrogen) atoms. The van der Waals surface area contributed by atoms with E-state index in [1.807, 2.05) is 0 Å². The zero-order valence-corrected chi connectivity index (χ0v) is 9.52. The highest BCUT2D eigenvalue weighted by molar-refractivity contribution is 5.70. The molecule has 1 unspecified atom stereocenters. The molecule has 3 nitrogen and oxygen atoms in total. The number of hydrogen-bond donors (Lipinski definition) is 1. The van der Waals surface area contributed by atoms with Gasteiger partial charge in [0.25, 0.3) is 0 Å². The smallest absolute Gasteiger partial charge is 0.307 e. The summed E-state index contributed by atoms with van der Waals surface area (Å²) < 4.78 is 0. The fourth-order valence-electron chi connectivity index (χ4n) is 2.25. The lowest BCUT2D eigenvalue weighted by Crippen LogP contribution is -2.22. The summed E-state index contributed by atoms with van der Waals surface area (Å²) in [5.41, 5.74) is 2.53. The highest BCUT2D eigenvalue weighted by Crippen LogP contribution is 2.19. The van der Waals surface area contributed by atoms with Crippen molar-refractivity contribution in [2.24, 2.45) is 5.92 Å². The second-order valence-electron chi connectivity index (χ2n) is 4.55. The molecule has 1 saturated heterocycles. The summed E-state index contributed by atoms with van der Waals surface area (Å²) in [6.45, 7) is 4.52. The van der Waals surface area contributed by atoms with Gasteiger partial charge < -0.3 is 5.11 Å². The van der Waals surface area contributed by atoms with E-state index in [1.54, 1.807) is 0 Å². The maximum absolute atomic E-state index is 10.8. The summed E-state index contributed by atoms with van der Waals surface area (Å²) in [6.07, 6.45) is 0.779.